The van der Waals surface area contributed by atoms with E-state index in [2.05, 4.69) is 20.9 Å². The van der Waals surface area contributed by atoms with Crippen LogP contribution in [0.2, 0.25) is 5.02 Å². The number of halogens is 2. The third-order valence-corrected chi connectivity index (χ3v) is 3.07. The number of aromatic nitrogens is 1. The van der Waals surface area contributed by atoms with Crippen LogP contribution >= 0.6 is 27.5 Å². The first-order chi connectivity index (χ1) is 6.61. The minimum Gasteiger partial charge on any atom is -0.477 e. The number of carboxylic acids is 1. The Morgan fingerprint density at radius 2 is 2.21 bits per heavy atom. The Balaban J connectivity index is 2.86. The summed E-state index contributed by atoms with van der Waals surface area (Å²) < 4.78 is 0.530. The van der Waals surface area contributed by atoms with E-state index in [4.69, 9.17) is 16.7 Å². The molecule has 1 aromatic heterocycles. The van der Waals surface area contributed by atoms with Crippen LogP contribution in [0.1, 0.15) is 10.5 Å². The number of rotatable bonds is 1. The monoisotopic (exact) mass is 273 g/mol. The van der Waals surface area contributed by atoms with Crippen LogP contribution in [0.5, 0.6) is 0 Å². The zero-order valence-electron chi connectivity index (χ0n) is 6.84. The van der Waals surface area contributed by atoms with Crippen LogP contribution in [0, 0.1) is 0 Å². The number of carbonyl (C=O) groups is 1. The van der Waals surface area contributed by atoms with E-state index >= 15 is 0 Å². The number of benzene rings is 1. The lowest BCUT2D eigenvalue weighted by Gasteiger charge is -1.91. The molecule has 14 heavy (non-hydrogen) atoms. The summed E-state index contributed by atoms with van der Waals surface area (Å²) in [5, 5.41) is 10.1. The number of carboxylic acid groups (broad SMARTS) is 1. The zero-order valence-corrected chi connectivity index (χ0v) is 9.19. The molecule has 3 nitrogen and oxygen atoms in total. The van der Waals surface area contributed by atoms with Crippen molar-refractivity contribution >= 4 is 44.4 Å². The first-order valence-corrected chi connectivity index (χ1v) is 4.97. The Labute approximate surface area is 92.8 Å². The van der Waals surface area contributed by atoms with Crippen molar-refractivity contribution < 1.29 is 9.90 Å². The third kappa shape index (κ3) is 1.31. The highest BCUT2D eigenvalue weighted by molar-refractivity contribution is 9.10. The molecule has 0 amide bonds. The molecule has 0 saturated heterocycles. The van der Waals surface area contributed by atoms with Gasteiger partial charge in [-0.05, 0) is 22.0 Å². The maximum atomic E-state index is 10.8. The van der Waals surface area contributed by atoms with Gasteiger partial charge in [0.25, 0.3) is 0 Å². The number of para-hydroxylation sites is 1. The van der Waals surface area contributed by atoms with Crippen molar-refractivity contribution in [1.82, 2.24) is 4.98 Å². The van der Waals surface area contributed by atoms with Crippen molar-refractivity contribution in [2.24, 2.45) is 0 Å². The molecule has 5 heteroatoms. The Bertz CT molecular complexity index is 521. The van der Waals surface area contributed by atoms with E-state index in [-0.39, 0.29) is 5.69 Å². The number of fused-ring (bicyclic) bond motifs is 1. The smallest absolute Gasteiger partial charge is 0.353 e. The molecule has 0 fully saturated rings. The van der Waals surface area contributed by atoms with Gasteiger partial charge >= 0.3 is 5.97 Å². The maximum absolute atomic E-state index is 10.8. The average molecular weight is 275 g/mol. The number of hydrogen-bond acceptors (Lipinski definition) is 1. The first kappa shape index (κ1) is 9.55. The van der Waals surface area contributed by atoms with Gasteiger partial charge in [0.05, 0.1) is 15.0 Å². The summed E-state index contributed by atoms with van der Waals surface area (Å²) in [5.41, 5.74) is 0.756. The lowest BCUT2D eigenvalue weighted by Crippen LogP contribution is -1.96. The number of hydrogen-bond donors (Lipinski definition) is 2. The molecule has 1 heterocycles. The predicted octanol–water partition coefficient (Wildman–Crippen LogP) is 3.28. The van der Waals surface area contributed by atoms with Crippen molar-refractivity contribution in [2.45, 2.75) is 0 Å². The molecule has 0 aliphatic rings. The molecule has 1 aromatic carbocycles. The quantitative estimate of drug-likeness (QED) is 0.838. The summed E-state index contributed by atoms with van der Waals surface area (Å²) >= 11 is 9.12. The van der Waals surface area contributed by atoms with E-state index in [1.807, 2.05) is 0 Å². The molecule has 72 valence electrons. The van der Waals surface area contributed by atoms with Crippen LogP contribution in [-0.2, 0) is 0 Å². The van der Waals surface area contributed by atoms with Gasteiger partial charge in [0.2, 0.25) is 0 Å². The van der Waals surface area contributed by atoms with Gasteiger partial charge in [0.1, 0.15) is 5.69 Å². The van der Waals surface area contributed by atoms with Crippen LogP contribution in [-0.4, -0.2) is 16.1 Å². The van der Waals surface area contributed by atoms with Crippen molar-refractivity contribution in [1.29, 1.82) is 0 Å². The zero-order chi connectivity index (χ0) is 10.3. The summed E-state index contributed by atoms with van der Waals surface area (Å²) in [6, 6.07) is 5.28. The van der Waals surface area contributed by atoms with E-state index in [0.717, 1.165) is 5.39 Å². The summed E-state index contributed by atoms with van der Waals surface area (Å²) in [6.07, 6.45) is 0. The summed E-state index contributed by atoms with van der Waals surface area (Å²) in [5.74, 6) is -1.01. The van der Waals surface area contributed by atoms with Crippen molar-refractivity contribution in [3.05, 3.63) is 33.4 Å². The lowest BCUT2D eigenvalue weighted by atomic mass is 10.2. The van der Waals surface area contributed by atoms with Gasteiger partial charge in [0.15, 0.2) is 0 Å². The van der Waals surface area contributed by atoms with Crippen molar-refractivity contribution in [3.63, 3.8) is 0 Å². The summed E-state index contributed by atoms with van der Waals surface area (Å²) in [7, 11) is 0. The summed E-state index contributed by atoms with van der Waals surface area (Å²) in [6.45, 7) is 0. The second-order valence-corrected chi connectivity index (χ2v) is 3.98. The first-order valence-electron chi connectivity index (χ1n) is 3.80. The van der Waals surface area contributed by atoms with Crippen molar-refractivity contribution in [2.75, 3.05) is 0 Å². The molecule has 0 unspecified atom stereocenters. The van der Waals surface area contributed by atoms with Gasteiger partial charge in [-0.25, -0.2) is 4.79 Å². The molecule has 0 saturated carbocycles. The van der Waals surface area contributed by atoms with E-state index in [1.54, 1.807) is 18.2 Å². The fraction of sp³-hybridized carbons (Fsp3) is 0. The second-order valence-electron chi connectivity index (χ2n) is 2.78. The number of nitrogens with one attached hydrogen (secondary N) is 1. The molecule has 0 atom stereocenters. The minimum absolute atomic E-state index is 0.119. The molecular formula is C9H5BrClNO2. The van der Waals surface area contributed by atoms with Crippen LogP contribution in [0.3, 0.4) is 0 Å². The van der Waals surface area contributed by atoms with Gasteiger partial charge in [-0.2, -0.15) is 0 Å². The Kier molecular flexibility index (Phi) is 2.25. The highest BCUT2D eigenvalue weighted by Crippen LogP contribution is 2.31. The topological polar surface area (TPSA) is 53.1 Å². The second kappa shape index (κ2) is 3.29. The molecule has 0 aliphatic heterocycles. The van der Waals surface area contributed by atoms with Crippen molar-refractivity contribution in [3.8, 4) is 0 Å². The van der Waals surface area contributed by atoms with Gasteiger partial charge in [-0.15, -0.1) is 0 Å². The Morgan fingerprint density at radius 3 is 2.79 bits per heavy atom. The van der Waals surface area contributed by atoms with Crippen LogP contribution in [0.15, 0.2) is 22.7 Å². The van der Waals surface area contributed by atoms with Crippen LogP contribution in [0.4, 0.5) is 0 Å². The van der Waals surface area contributed by atoms with E-state index in [1.165, 1.54) is 0 Å². The molecule has 0 spiro atoms. The number of aromatic carboxylic acids is 1. The molecule has 0 radical (unpaired) electrons. The van der Waals surface area contributed by atoms with Gasteiger partial charge in [-0.1, -0.05) is 23.7 Å². The molecule has 0 bridgehead atoms. The number of aromatic amines is 1. The fourth-order valence-electron chi connectivity index (χ4n) is 1.30. The van der Waals surface area contributed by atoms with Crippen LogP contribution in [0.25, 0.3) is 10.9 Å². The Hall–Kier alpha value is -1.00. The largest absolute Gasteiger partial charge is 0.477 e. The molecule has 2 N–H and O–H groups in total. The lowest BCUT2D eigenvalue weighted by molar-refractivity contribution is 0.0690. The van der Waals surface area contributed by atoms with E-state index < -0.39 is 5.97 Å². The SMILES string of the molecule is O=C(O)c1[nH]c2c(Cl)cccc2c1Br. The van der Waals surface area contributed by atoms with E-state index in [0.29, 0.717) is 15.0 Å². The van der Waals surface area contributed by atoms with Gasteiger partial charge < -0.3 is 10.1 Å². The fourth-order valence-corrected chi connectivity index (χ4v) is 2.12. The summed E-state index contributed by atoms with van der Waals surface area (Å²) in [4.78, 5) is 13.6. The highest BCUT2D eigenvalue weighted by atomic mass is 79.9. The van der Waals surface area contributed by atoms with Crippen LogP contribution < -0.4 is 0 Å². The maximum Gasteiger partial charge on any atom is 0.353 e. The van der Waals surface area contributed by atoms with Gasteiger partial charge in [0, 0.05) is 5.39 Å². The van der Waals surface area contributed by atoms with Gasteiger partial charge in [-0.3, -0.25) is 0 Å². The predicted molar refractivity (Wildman–Crippen MR) is 58.0 cm³/mol. The Morgan fingerprint density at radius 1 is 1.50 bits per heavy atom. The normalized spacial score (nSPS) is 10.7. The molecule has 0 aliphatic carbocycles. The third-order valence-electron chi connectivity index (χ3n) is 1.93. The highest BCUT2D eigenvalue weighted by Gasteiger charge is 2.15. The molecule has 2 aromatic rings. The average Bonchev–Trinajstić information content (AvgIpc) is 2.46. The molecular weight excluding hydrogens is 269 g/mol. The standard InChI is InChI=1S/C9H5BrClNO2/c10-6-4-2-1-3-5(11)7(4)12-8(6)9(13)14/h1-3,12H,(H,13,14). The number of H-pyrrole nitrogens is 1. The van der Waals surface area contributed by atoms with E-state index in [9.17, 15) is 4.79 Å². The minimum atomic E-state index is -1.01. The molecule has 2 rings (SSSR count).